The first-order valence-corrected chi connectivity index (χ1v) is 7.71. The lowest BCUT2D eigenvalue weighted by Crippen LogP contribution is -1.99. The van der Waals surface area contributed by atoms with E-state index in [1.54, 1.807) is 12.4 Å². The van der Waals surface area contributed by atoms with Crippen molar-refractivity contribution < 1.29 is 0 Å². The van der Waals surface area contributed by atoms with E-state index in [1.807, 2.05) is 43.3 Å². The molecule has 0 aliphatic rings. The van der Waals surface area contributed by atoms with Crippen LogP contribution < -0.4 is 5.73 Å². The van der Waals surface area contributed by atoms with Crippen LogP contribution in [-0.4, -0.2) is 25.1 Å². The summed E-state index contributed by atoms with van der Waals surface area (Å²) in [6.45, 7) is 1.94. The van der Waals surface area contributed by atoms with Gasteiger partial charge in [-0.25, -0.2) is 15.0 Å². The molecule has 0 fully saturated rings. The van der Waals surface area contributed by atoms with Crippen LogP contribution in [0.25, 0.3) is 22.3 Å². The second-order valence-electron chi connectivity index (χ2n) is 5.53. The summed E-state index contributed by atoms with van der Waals surface area (Å²) < 4.78 is 0. The summed E-state index contributed by atoms with van der Waals surface area (Å²) in [6, 6.07) is 11.5. The van der Waals surface area contributed by atoms with Crippen LogP contribution in [-0.2, 0) is 0 Å². The molecule has 6 nitrogen and oxygen atoms in total. The zero-order chi connectivity index (χ0) is 17.2. The molecule has 0 amide bonds. The highest BCUT2D eigenvalue weighted by Gasteiger charge is 2.09. The maximum Gasteiger partial charge on any atom is 0.160 e. The average Bonchev–Trinajstić information content (AvgIpc) is 3.15. The number of aromatic nitrogens is 5. The third-order valence-corrected chi connectivity index (χ3v) is 3.80. The first-order valence-electron chi connectivity index (χ1n) is 7.71. The molecule has 25 heavy (non-hydrogen) atoms. The Labute approximate surface area is 144 Å². The summed E-state index contributed by atoms with van der Waals surface area (Å²) in [4.78, 5) is 13.3. The normalized spacial score (nSPS) is 10.4. The van der Waals surface area contributed by atoms with E-state index in [-0.39, 0.29) is 0 Å². The Kier molecular flexibility index (Phi) is 3.60. The van der Waals surface area contributed by atoms with E-state index in [9.17, 15) is 0 Å². The van der Waals surface area contributed by atoms with Crippen LogP contribution in [0.5, 0.6) is 0 Å². The summed E-state index contributed by atoms with van der Waals surface area (Å²) in [5.41, 5.74) is 10.0. The molecule has 3 aromatic heterocycles. The quantitative estimate of drug-likeness (QED) is 0.525. The number of nitrogens with zero attached hydrogens (tertiary/aromatic N) is 4. The van der Waals surface area contributed by atoms with Gasteiger partial charge in [-0.15, -0.1) is 0 Å². The number of rotatable bonds is 1. The highest BCUT2D eigenvalue weighted by Crippen LogP contribution is 2.24. The van der Waals surface area contributed by atoms with Gasteiger partial charge in [-0.1, -0.05) is 18.1 Å². The van der Waals surface area contributed by atoms with Gasteiger partial charge in [0.15, 0.2) is 5.82 Å². The molecule has 0 saturated carbocycles. The number of hydrogen-bond acceptors (Lipinski definition) is 5. The van der Waals surface area contributed by atoms with Gasteiger partial charge in [0.05, 0.1) is 0 Å². The van der Waals surface area contributed by atoms with Gasteiger partial charge in [0.25, 0.3) is 0 Å². The van der Waals surface area contributed by atoms with E-state index >= 15 is 0 Å². The van der Waals surface area contributed by atoms with Crippen molar-refractivity contribution >= 4 is 16.7 Å². The van der Waals surface area contributed by atoms with E-state index in [0.29, 0.717) is 17.2 Å². The first-order chi connectivity index (χ1) is 12.2. The summed E-state index contributed by atoms with van der Waals surface area (Å²) in [5, 5.41) is 7.61. The van der Waals surface area contributed by atoms with Gasteiger partial charge in [0.1, 0.15) is 17.0 Å². The molecule has 0 spiro atoms. The molecule has 3 N–H and O–H groups in total. The predicted molar refractivity (Wildman–Crippen MR) is 96.5 cm³/mol. The largest absolute Gasteiger partial charge is 0.382 e. The van der Waals surface area contributed by atoms with Crippen molar-refractivity contribution in [3.8, 4) is 23.2 Å². The third-order valence-electron chi connectivity index (χ3n) is 3.80. The minimum Gasteiger partial charge on any atom is -0.382 e. The Morgan fingerprint density at radius 2 is 1.96 bits per heavy atom. The summed E-state index contributed by atoms with van der Waals surface area (Å²) >= 11 is 0. The molecule has 0 bridgehead atoms. The van der Waals surface area contributed by atoms with Gasteiger partial charge in [-0.2, -0.15) is 5.10 Å². The Morgan fingerprint density at radius 1 is 1.04 bits per heavy atom. The third kappa shape index (κ3) is 2.91. The number of nitrogen functional groups attached to an aromatic ring is 1. The smallest absolute Gasteiger partial charge is 0.160 e. The molecule has 120 valence electrons. The number of benzene rings is 1. The lowest BCUT2D eigenvalue weighted by atomic mass is 10.1. The van der Waals surface area contributed by atoms with Crippen LogP contribution in [0.1, 0.15) is 17.0 Å². The molecule has 4 aromatic rings. The molecular formula is C19H14N6. The van der Waals surface area contributed by atoms with Crippen molar-refractivity contribution in [2.45, 2.75) is 6.92 Å². The van der Waals surface area contributed by atoms with E-state index in [2.05, 4.69) is 37.0 Å². The zero-order valence-corrected chi connectivity index (χ0v) is 13.5. The standard InChI is InChI=1S/C19H14N6/c1-12-16-8-9-21-18(20)17(16)24-19(23-12)14-4-2-3-13(11-14)5-6-15-7-10-22-25-15/h2-4,7-11H,1H3,(H2,20,21)(H,22,25). The molecule has 0 aliphatic heterocycles. The zero-order valence-electron chi connectivity index (χ0n) is 13.5. The highest BCUT2D eigenvalue weighted by molar-refractivity contribution is 5.89. The Balaban J connectivity index is 1.79. The van der Waals surface area contributed by atoms with E-state index < -0.39 is 0 Å². The van der Waals surface area contributed by atoms with Gasteiger partial charge in [-0.3, -0.25) is 5.10 Å². The number of aryl methyl sites for hydroxylation is 1. The molecule has 1 aromatic carbocycles. The summed E-state index contributed by atoms with van der Waals surface area (Å²) in [7, 11) is 0. The molecule has 3 heterocycles. The first kappa shape index (κ1) is 14.8. The van der Waals surface area contributed by atoms with Crippen molar-refractivity contribution in [2.75, 3.05) is 5.73 Å². The van der Waals surface area contributed by atoms with Gasteiger partial charge in [-0.05, 0) is 37.1 Å². The van der Waals surface area contributed by atoms with Gasteiger partial charge in [0.2, 0.25) is 0 Å². The number of fused-ring (bicyclic) bond motifs is 1. The molecule has 0 saturated heterocycles. The minimum atomic E-state index is 0.402. The fourth-order valence-electron chi connectivity index (χ4n) is 2.56. The number of anilines is 1. The fraction of sp³-hybridized carbons (Fsp3) is 0.0526. The summed E-state index contributed by atoms with van der Waals surface area (Å²) in [5.74, 6) is 7.15. The predicted octanol–water partition coefficient (Wildman–Crippen LogP) is 2.71. The summed E-state index contributed by atoms with van der Waals surface area (Å²) in [6.07, 6.45) is 3.34. The maximum atomic E-state index is 5.97. The van der Waals surface area contributed by atoms with Crippen molar-refractivity contribution in [1.82, 2.24) is 25.1 Å². The minimum absolute atomic E-state index is 0.402. The number of hydrogen-bond donors (Lipinski definition) is 2. The van der Waals surface area contributed by atoms with Gasteiger partial charge in [0, 0.05) is 34.6 Å². The Bertz CT molecular complexity index is 1120. The lowest BCUT2D eigenvalue weighted by Gasteiger charge is -2.07. The van der Waals surface area contributed by atoms with Crippen molar-refractivity contribution in [3.63, 3.8) is 0 Å². The average molecular weight is 326 g/mol. The topological polar surface area (TPSA) is 93.4 Å². The number of aromatic amines is 1. The van der Waals surface area contributed by atoms with E-state index in [0.717, 1.165) is 27.9 Å². The van der Waals surface area contributed by atoms with Crippen molar-refractivity contribution in [2.24, 2.45) is 0 Å². The second-order valence-corrected chi connectivity index (χ2v) is 5.53. The van der Waals surface area contributed by atoms with Crippen LogP contribution in [0.3, 0.4) is 0 Å². The molecule has 4 rings (SSSR count). The molecule has 0 aliphatic carbocycles. The second kappa shape index (κ2) is 6.06. The monoisotopic (exact) mass is 326 g/mol. The molecule has 6 heteroatoms. The molecular weight excluding hydrogens is 312 g/mol. The van der Waals surface area contributed by atoms with Crippen LogP contribution in [0.2, 0.25) is 0 Å². The molecule has 0 atom stereocenters. The molecule has 0 unspecified atom stereocenters. The van der Waals surface area contributed by atoms with Crippen LogP contribution in [0, 0.1) is 18.8 Å². The Hall–Kier alpha value is -3.72. The van der Waals surface area contributed by atoms with Crippen molar-refractivity contribution in [1.29, 1.82) is 0 Å². The van der Waals surface area contributed by atoms with Gasteiger partial charge < -0.3 is 5.73 Å². The highest BCUT2D eigenvalue weighted by atomic mass is 15.1. The van der Waals surface area contributed by atoms with Gasteiger partial charge >= 0.3 is 0 Å². The number of H-pyrrole nitrogens is 1. The maximum absolute atomic E-state index is 5.97. The Morgan fingerprint density at radius 3 is 2.80 bits per heavy atom. The van der Waals surface area contributed by atoms with E-state index in [1.165, 1.54) is 0 Å². The lowest BCUT2D eigenvalue weighted by molar-refractivity contribution is 1.08. The van der Waals surface area contributed by atoms with Crippen LogP contribution in [0.4, 0.5) is 5.82 Å². The fourth-order valence-corrected chi connectivity index (χ4v) is 2.56. The number of pyridine rings is 1. The molecule has 0 radical (unpaired) electrons. The SMILES string of the molecule is Cc1nc(-c2cccc(C#Cc3ccn[nH]3)c2)nc2c(N)nccc12. The van der Waals surface area contributed by atoms with Crippen molar-refractivity contribution in [3.05, 3.63) is 65.7 Å². The van der Waals surface area contributed by atoms with Crippen LogP contribution >= 0.6 is 0 Å². The number of nitrogens with two attached hydrogens (primary N) is 1. The number of nitrogens with one attached hydrogen (secondary N) is 1. The van der Waals surface area contributed by atoms with E-state index in [4.69, 9.17) is 5.73 Å². The van der Waals surface area contributed by atoms with Crippen LogP contribution in [0.15, 0.2) is 48.8 Å².